The Labute approximate surface area is 95.9 Å². The third kappa shape index (κ3) is 1.42. The molecule has 0 fully saturated rings. The molecule has 1 aromatic carbocycles. The number of hydrogen-bond acceptors (Lipinski definition) is 2. The lowest BCUT2D eigenvalue weighted by atomic mass is 10.0. The van der Waals surface area contributed by atoms with E-state index in [0.29, 0.717) is 0 Å². The van der Waals surface area contributed by atoms with Gasteiger partial charge in [-0.1, -0.05) is 38.5 Å². The van der Waals surface area contributed by atoms with Crippen LogP contribution in [0.4, 0.5) is 0 Å². The van der Waals surface area contributed by atoms with Gasteiger partial charge in [0, 0.05) is 12.7 Å². The highest BCUT2D eigenvalue weighted by Crippen LogP contribution is 2.45. The predicted octanol–water partition coefficient (Wildman–Crippen LogP) is 3.97. The quantitative estimate of drug-likeness (QED) is 0.737. The van der Waals surface area contributed by atoms with Crippen molar-refractivity contribution in [3.05, 3.63) is 47.5 Å². The molecule has 80 valence electrons. The summed E-state index contributed by atoms with van der Waals surface area (Å²) < 4.78 is 11.2. The van der Waals surface area contributed by atoms with Gasteiger partial charge in [-0.3, -0.25) is 0 Å². The molecule has 0 saturated carbocycles. The van der Waals surface area contributed by atoms with Gasteiger partial charge in [-0.2, -0.15) is 0 Å². The Bertz CT molecular complexity index is 525. The number of benzene rings is 1. The van der Waals surface area contributed by atoms with Crippen LogP contribution in [0.25, 0.3) is 11.1 Å². The Morgan fingerprint density at radius 2 is 1.94 bits per heavy atom. The van der Waals surface area contributed by atoms with Gasteiger partial charge in [0.2, 0.25) is 6.29 Å². The summed E-state index contributed by atoms with van der Waals surface area (Å²) in [6, 6.07) is 12.3. The fourth-order valence-electron chi connectivity index (χ4n) is 1.96. The minimum Gasteiger partial charge on any atom is -0.460 e. The van der Waals surface area contributed by atoms with Crippen molar-refractivity contribution in [3.63, 3.8) is 0 Å². The zero-order valence-corrected chi connectivity index (χ0v) is 9.78. The molecule has 0 radical (unpaired) electrons. The maximum Gasteiger partial charge on any atom is 0.231 e. The molecule has 3 heteroatoms. The molecule has 0 saturated heterocycles. The van der Waals surface area contributed by atoms with Gasteiger partial charge in [0.1, 0.15) is 5.75 Å². The van der Waals surface area contributed by atoms with Crippen LogP contribution < -0.4 is 4.74 Å². The molecule has 2 heterocycles. The van der Waals surface area contributed by atoms with E-state index in [-0.39, 0.29) is 6.29 Å². The van der Waals surface area contributed by atoms with Gasteiger partial charge >= 0.3 is 0 Å². The summed E-state index contributed by atoms with van der Waals surface area (Å²) in [7, 11) is 2.83. The second-order valence-electron chi connectivity index (χ2n) is 3.62. The molecule has 0 aliphatic carbocycles. The molecule has 0 amide bonds. The van der Waals surface area contributed by atoms with Crippen LogP contribution in [0, 0.1) is 0 Å². The molecule has 1 aromatic heterocycles. The van der Waals surface area contributed by atoms with Crippen molar-refractivity contribution in [2.75, 3.05) is 7.11 Å². The Balaban J connectivity index is 2.24. The maximum atomic E-state index is 5.81. The van der Waals surface area contributed by atoms with Crippen LogP contribution >= 0.6 is 8.19 Å². The second-order valence-corrected chi connectivity index (χ2v) is 4.66. The van der Waals surface area contributed by atoms with E-state index < -0.39 is 0 Å². The molecule has 2 nitrogen and oxygen atoms in total. The van der Waals surface area contributed by atoms with E-state index in [1.165, 1.54) is 10.9 Å². The van der Waals surface area contributed by atoms with Crippen molar-refractivity contribution in [2.24, 2.45) is 0 Å². The molecule has 0 spiro atoms. The van der Waals surface area contributed by atoms with Gasteiger partial charge in [-0.25, -0.2) is 0 Å². The Morgan fingerprint density at radius 1 is 1.12 bits per heavy atom. The lowest BCUT2D eigenvalue weighted by molar-refractivity contribution is -0.0551. The number of hydrogen-bond donors (Lipinski definition) is 0. The first-order valence-electron chi connectivity index (χ1n) is 5.14. The summed E-state index contributed by atoms with van der Waals surface area (Å²) >= 11 is 0. The molecule has 16 heavy (non-hydrogen) atoms. The minimum atomic E-state index is -0.257. The Morgan fingerprint density at radius 3 is 2.81 bits per heavy atom. The van der Waals surface area contributed by atoms with E-state index in [4.69, 9.17) is 9.47 Å². The summed E-state index contributed by atoms with van der Waals surface area (Å²) in [6.45, 7) is 0. The second kappa shape index (κ2) is 3.89. The summed E-state index contributed by atoms with van der Waals surface area (Å²) in [6.07, 6.45) is -0.257. The Hall–Kier alpha value is -1.37. The van der Waals surface area contributed by atoms with Crippen LogP contribution in [0.1, 0.15) is 11.6 Å². The molecule has 1 atom stereocenters. The molecule has 0 bridgehead atoms. The highest BCUT2D eigenvalue weighted by atomic mass is 31.0. The van der Waals surface area contributed by atoms with Crippen LogP contribution in [0.5, 0.6) is 5.75 Å². The van der Waals surface area contributed by atoms with E-state index >= 15 is 0 Å². The molecule has 1 aliphatic heterocycles. The third-order valence-corrected chi connectivity index (χ3v) is 3.74. The molecule has 0 N–H and O–H groups in total. The average Bonchev–Trinajstić information content (AvgIpc) is 2.38. The van der Waals surface area contributed by atoms with Gasteiger partial charge < -0.3 is 9.47 Å². The molecule has 2 aromatic rings. The van der Waals surface area contributed by atoms with E-state index in [1.54, 1.807) is 7.11 Å². The van der Waals surface area contributed by atoms with E-state index in [2.05, 4.69) is 24.0 Å². The molecule has 3 rings (SSSR count). The first kappa shape index (κ1) is 9.83. The van der Waals surface area contributed by atoms with Crippen molar-refractivity contribution in [1.29, 1.82) is 0 Å². The number of fused-ring (bicyclic) bond motifs is 3. The number of methoxy groups -OCH3 is 1. The largest absolute Gasteiger partial charge is 0.460 e. The van der Waals surface area contributed by atoms with Crippen LogP contribution in [0.15, 0.2) is 42.2 Å². The van der Waals surface area contributed by atoms with Crippen molar-refractivity contribution < 1.29 is 9.47 Å². The maximum absolute atomic E-state index is 5.81. The number of ether oxygens (including phenoxy) is 2. The van der Waals surface area contributed by atoms with Crippen molar-refractivity contribution >= 4 is 8.19 Å². The van der Waals surface area contributed by atoms with Crippen molar-refractivity contribution in [2.45, 2.75) is 6.29 Å². The zero-order valence-electron chi connectivity index (χ0n) is 8.88. The van der Waals surface area contributed by atoms with Gasteiger partial charge in [0.25, 0.3) is 0 Å². The average molecular weight is 230 g/mol. The fraction of sp³-hybridized carbons (Fsp3) is 0.154. The van der Waals surface area contributed by atoms with Gasteiger partial charge in [-0.15, -0.1) is 0 Å². The van der Waals surface area contributed by atoms with Gasteiger partial charge in [0.15, 0.2) is 0 Å². The summed E-state index contributed by atoms with van der Waals surface area (Å²) in [5, 5.41) is 1.18. The SMILES string of the molecule is COC1Oc2ccccc2-c2cccpc21. The lowest BCUT2D eigenvalue weighted by Gasteiger charge is -2.26. The predicted molar refractivity (Wildman–Crippen MR) is 64.8 cm³/mol. The van der Waals surface area contributed by atoms with Crippen LogP contribution in [0.2, 0.25) is 0 Å². The van der Waals surface area contributed by atoms with Crippen molar-refractivity contribution in [1.82, 2.24) is 0 Å². The summed E-state index contributed by atoms with van der Waals surface area (Å²) in [4.78, 5) is 0. The number of rotatable bonds is 1. The van der Waals surface area contributed by atoms with E-state index in [0.717, 1.165) is 19.5 Å². The molecular formula is C13H11O2P. The first-order valence-corrected chi connectivity index (χ1v) is 6.10. The zero-order chi connectivity index (χ0) is 11.0. The van der Waals surface area contributed by atoms with Crippen LogP contribution in [-0.4, -0.2) is 7.11 Å². The highest BCUT2D eigenvalue weighted by molar-refractivity contribution is 7.30. The van der Waals surface area contributed by atoms with Crippen LogP contribution in [-0.2, 0) is 4.74 Å². The highest BCUT2D eigenvalue weighted by Gasteiger charge is 2.25. The minimum absolute atomic E-state index is 0.257. The third-order valence-electron chi connectivity index (χ3n) is 2.69. The van der Waals surface area contributed by atoms with E-state index in [1.807, 2.05) is 18.2 Å². The number of para-hydroxylation sites is 1. The molecule has 1 aliphatic rings. The topological polar surface area (TPSA) is 18.5 Å². The Kier molecular flexibility index (Phi) is 2.39. The lowest BCUT2D eigenvalue weighted by Crippen LogP contribution is -2.14. The van der Waals surface area contributed by atoms with Gasteiger partial charge in [0.05, 0.1) is 5.30 Å². The van der Waals surface area contributed by atoms with Gasteiger partial charge in [-0.05, 0) is 17.4 Å². The standard InChI is InChI=1S/C13H11O2P/c1-14-13-12-10(6-4-8-16-12)9-5-2-3-7-11(9)15-13/h2-8,13H,1H3. The molecule has 1 unspecified atom stereocenters. The normalized spacial score (nSPS) is 17.7. The van der Waals surface area contributed by atoms with E-state index in [9.17, 15) is 0 Å². The molecular weight excluding hydrogens is 219 g/mol. The fourth-order valence-corrected chi connectivity index (χ4v) is 2.90. The van der Waals surface area contributed by atoms with Crippen molar-refractivity contribution in [3.8, 4) is 16.9 Å². The van der Waals surface area contributed by atoms with Crippen LogP contribution in [0.3, 0.4) is 0 Å². The smallest absolute Gasteiger partial charge is 0.231 e. The first-order chi connectivity index (χ1) is 7.90. The summed E-state index contributed by atoms with van der Waals surface area (Å²) in [5.41, 5.74) is 2.39. The monoisotopic (exact) mass is 230 g/mol. The summed E-state index contributed by atoms with van der Waals surface area (Å²) in [5.74, 6) is 3.00.